The van der Waals surface area contributed by atoms with Gasteiger partial charge in [-0.2, -0.15) is 0 Å². The van der Waals surface area contributed by atoms with E-state index in [0.29, 0.717) is 49.5 Å². The third-order valence-electron chi connectivity index (χ3n) is 8.42. The molecular formula is C36H54N4O6. The standard InChI is InChI=1S/C36H54N4O6/c1-26-23-40(27(2)25-41)36(44)31-22-30(37-34(42)16-12-19-38(4)5)17-18-32(31)46-28(3)13-10-11-20-45-33(26)24-39(6)35(43)21-29-14-8-7-9-15-29/h7-9,14-15,17-18,22,26-28,33,41H,10-13,16,19-21,23-25H2,1-6H3,(H,37,42)/t26-,27-,28+,33-/m0/s1. The smallest absolute Gasteiger partial charge is 0.258 e. The van der Waals surface area contributed by atoms with Crippen molar-refractivity contribution in [3.05, 3.63) is 59.7 Å². The van der Waals surface area contributed by atoms with E-state index in [4.69, 9.17) is 9.47 Å². The maximum Gasteiger partial charge on any atom is 0.258 e. The predicted molar refractivity (Wildman–Crippen MR) is 181 cm³/mol. The normalized spacial score (nSPS) is 20.3. The molecule has 0 aliphatic carbocycles. The van der Waals surface area contributed by atoms with Gasteiger partial charge in [0.25, 0.3) is 5.91 Å². The Labute approximate surface area is 275 Å². The number of aliphatic hydroxyl groups is 1. The molecule has 0 fully saturated rings. The zero-order valence-electron chi connectivity index (χ0n) is 28.5. The molecule has 2 aromatic carbocycles. The van der Waals surface area contributed by atoms with E-state index in [1.165, 1.54) is 0 Å². The number of hydrogen-bond acceptors (Lipinski definition) is 7. The van der Waals surface area contributed by atoms with Crippen molar-refractivity contribution < 1.29 is 29.0 Å². The number of rotatable bonds is 11. The van der Waals surface area contributed by atoms with E-state index in [-0.39, 0.29) is 42.5 Å². The van der Waals surface area contributed by atoms with Gasteiger partial charge in [-0.3, -0.25) is 14.4 Å². The van der Waals surface area contributed by atoms with Gasteiger partial charge in [0.1, 0.15) is 5.75 Å². The number of anilines is 1. The number of fused-ring (bicyclic) bond motifs is 1. The van der Waals surface area contributed by atoms with E-state index in [0.717, 1.165) is 37.8 Å². The first-order valence-corrected chi connectivity index (χ1v) is 16.5. The number of amides is 3. The van der Waals surface area contributed by atoms with Crippen LogP contribution in [0.25, 0.3) is 0 Å². The number of nitrogens with zero attached hydrogens (tertiary/aromatic N) is 3. The lowest BCUT2D eigenvalue weighted by Gasteiger charge is -2.36. The summed E-state index contributed by atoms with van der Waals surface area (Å²) in [5, 5.41) is 13.1. The summed E-state index contributed by atoms with van der Waals surface area (Å²) in [6.07, 6.45) is 3.39. The fourth-order valence-corrected chi connectivity index (χ4v) is 5.52. The molecule has 10 heteroatoms. The molecule has 0 bridgehead atoms. The molecule has 3 amide bonds. The molecule has 0 spiro atoms. The summed E-state index contributed by atoms with van der Waals surface area (Å²) < 4.78 is 12.7. The molecule has 0 saturated carbocycles. The first-order valence-electron chi connectivity index (χ1n) is 16.5. The summed E-state index contributed by atoms with van der Waals surface area (Å²) in [7, 11) is 5.73. The highest BCUT2D eigenvalue weighted by molar-refractivity contribution is 5.99. The van der Waals surface area contributed by atoms with Crippen molar-refractivity contribution in [1.29, 1.82) is 0 Å². The Bertz CT molecular complexity index is 1260. The van der Waals surface area contributed by atoms with Gasteiger partial charge in [-0.15, -0.1) is 0 Å². The van der Waals surface area contributed by atoms with Gasteiger partial charge < -0.3 is 34.6 Å². The van der Waals surface area contributed by atoms with Crippen LogP contribution in [0, 0.1) is 5.92 Å². The summed E-state index contributed by atoms with van der Waals surface area (Å²) in [5.74, 6) is -0.139. The monoisotopic (exact) mass is 638 g/mol. The molecule has 1 aliphatic rings. The third kappa shape index (κ3) is 11.7. The Balaban J connectivity index is 1.86. The van der Waals surface area contributed by atoms with Gasteiger partial charge >= 0.3 is 0 Å². The van der Waals surface area contributed by atoms with Crippen LogP contribution < -0.4 is 10.1 Å². The number of carbonyl (C=O) groups is 3. The van der Waals surface area contributed by atoms with Crippen molar-refractivity contribution in [2.75, 3.05) is 59.3 Å². The van der Waals surface area contributed by atoms with Gasteiger partial charge in [0.05, 0.1) is 36.8 Å². The van der Waals surface area contributed by atoms with Gasteiger partial charge in [0, 0.05) is 44.8 Å². The Kier molecular flexibility index (Phi) is 15.0. The molecule has 46 heavy (non-hydrogen) atoms. The summed E-state index contributed by atoms with van der Waals surface area (Å²) >= 11 is 0. The molecule has 3 rings (SSSR count). The van der Waals surface area contributed by atoms with Crippen LogP contribution in [0.2, 0.25) is 0 Å². The minimum absolute atomic E-state index is 0.00532. The van der Waals surface area contributed by atoms with E-state index >= 15 is 0 Å². The summed E-state index contributed by atoms with van der Waals surface area (Å²) in [4.78, 5) is 45.5. The number of likely N-dealkylation sites (N-methyl/N-ethyl adjacent to an activating group) is 1. The highest BCUT2D eigenvalue weighted by Crippen LogP contribution is 2.28. The summed E-state index contributed by atoms with van der Waals surface area (Å²) in [5.41, 5.74) is 1.80. The molecule has 0 unspecified atom stereocenters. The molecule has 0 saturated heterocycles. The zero-order valence-corrected chi connectivity index (χ0v) is 28.5. The fourth-order valence-electron chi connectivity index (χ4n) is 5.52. The predicted octanol–water partition coefficient (Wildman–Crippen LogP) is 4.46. The number of carbonyl (C=O) groups excluding carboxylic acids is 3. The Morgan fingerprint density at radius 3 is 2.52 bits per heavy atom. The van der Waals surface area contributed by atoms with E-state index < -0.39 is 6.04 Å². The van der Waals surface area contributed by atoms with Crippen molar-refractivity contribution in [2.24, 2.45) is 5.92 Å². The Morgan fingerprint density at radius 2 is 1.83 bits per heavy atom. The molecule has 0 radical (unpaired) electrons. The van der Waals surface area contributed by atoms with Crippen LogP contribution in [0.5, 0.6) is 5.75 Å². The Morgan fingerprint density at radius 1 is 1.09 bits per heavy atom. The summed E-state index contributed by atoms with van der Waals surface area (Å²) in [6.45, 7) is 7.57. The van der Waals surface area contributed by atoms with Crippen LogP contribution in [-0.4, -0.2) is 110 Å². The topological polar surface area (TPSA) is 112 Å². The molecule has 2 N–H and O–H groups in total. The lowest BCUT2D eigenvalue weighted by atomic mass is 10.0. The van der Waals surface area contributed by atoms with Crippen molar-refractivity contribution in [3.8, 4) is 5.75 Å². The molecule has 1 heterocycles. The van der Waals surface area contributed by atoms with Gasteiger partial charge in [-0.05, 0) is 83.9 Å². The second-order valence-corrected chi connectivity index (χ2v) is 12.9. The molecular weight excluding hydrogens is 584 g/mol. The highest BCUT2D eigenvalue weighted by Gasteiger charge is 2.31. The van der Waals surface area contributed by atoms with Crippen LogP contribution in [0.1, 0.15) is 68.8 Å². The first-order chi connectivity index (χ1) is 22.0. The third-order valence-corrected chi connectivity index (χ3v) is 8.42. The average molecular weight is 639 g/mol. The SMILES string of the molecule is C[C@@H]1CCCCO[C@@H](CN(C)C(=O)Cc2ccccc2)[C@@H](C)CN([C@@H](C)CO)C(=O)c2cc(NC(=O)CCCN(C)C)ccc2O1. The lowest BCUT2D eigenvalue weighted by Crippen LogP contribution is -2.48. The van der Waals surface area contributed by atoms with Crippen molar-refractivity contribution in [2.45, 2.75) is 77.5 Å². The second-order valence-electron chi connectivity index (χ2n) is 12.9. The number of aliphatic hydroxyl groups excluding tert-OH is 1. The number of ether oxygens (including phenoxy) is 2. The van der Waals surface area contributed by atoms with E-state index in [1.807, 2.05) is 63.2 Å². The van der Waals surface area contributed by atoms with Gasteiger partial charge in [0.2, 0.25) is 11.8 Å². The van der Waals surface area contributed by atoms with Crippen LogP contribution in [-0.2, 0) is 20.7 Å². The van der Waals surface area contributed by atoms with E-state index in [9.17, 15) is 19.5 Å². The van der Waals surface area contributed by atoms with Crippen molar-refractivity contribution >= 4 is 23.4 Å². The summed E-state index contributed by atoms with van der Waals surface area (Å²) in [6, 6.07) is 14.4. The number of nitrogens with one attached hydrogen (secondary N) is 1. The molecule has 254 valence electrons. The maximum atomic E-state index is 14.3. The van der Waals surface area contributed by atoms with E-state index in [1.54, 1.807) is 42.0 Å². The van der Waals surface area contributed by atoms with Crippen LogP contribution in [0.15, 0.2) is 48.5 Å². The first kappa shape index (κ1) is 37.0. The minimum Gasteiger partial charge on any atom is -0.490 e. The molecule has 2 aromatic rings. The van der Waals surface area contributed by atoms with Crippen LogP contribution >= 0.6 is 0 Å². The maximum absolute atomic E-state index is 14.3. The van der Waals surface area contributed by atoms with Crippen molar-refractivity contribution in [1.82, 2.24) is 14.7 Å². The highest BCUT2D eigenvalue weighted by atomic mass is 16.5. The van der Waals surface area contributed by atoms with Gasteiger partial charge in [-0.25, -0.2) is 0 Å². The second kappa shape index (κ2) is 18.6. The fraction of sp³-hybridized carbons (Fsp3) is 0.583. The molecule has 1 aliphatic heterocycles. The quantitative estimate of drug-likeness (QED) is 0.374. The van der Waals surface area contributed by atoms with Gasteiger partial charge in [-0.1, -0.05) is 37.3 Å². The van der Waals surface area contributed by atoms with Gasteiger partial charge in [0.15, 0.2) is 0 Å². The van der Waals surface area contributed by atoms with Crippen LogP contribution in [0.3, 0.4) is 0 Å². The lowest BCUT2D eigenvalue weighted by molar-refractivity contribution is -0.131. The number of benzene rings is 2. The van der Waals surface area contributed by atoms with E-state index in [2.05, 4.69) is 5.32 Å². The average Bonchev–Trinajstić information content (AvgIpc) is 3.02. The molecule has 4 atom stereocenters. The minimum atomic E-state index is -0.490. The molecule has 0 aromatic heterocycles. The zero-order chi connectivity index (χ0) is 33.6. The van der Waals surface area contributed by atoms with Crippen LogP contribution in [0.4, 0.5) is 5.69 Å². The molecule has 10 nitrogen and oxygen atoms in total. The van der Waals surface area contributed by atoms with Crippen molar-refractivity contribution in [3.63, 3.8) is 0 Å². The number of hydrogen-bond donors (Lipinski definition) is 2. The Hall–Kier alpha value is -3.47. The largest absolute Gasteiger partial charge is 0.490 e.